The molecule has 0 aliphatic heterocycles. The van der Waals surface area contributed by atoms with E-state index in [4.69, 9.17) is 5.26 Å². The number of unbranched alkanes of at least 4 members (excludes halogenated alkanes) is 4. The molecular formula is C22H29N. The second-order valence-corrected chi connectivity index (χ2v) is 6.84. The van der Waals surface area contributed by atoms with E-state index in [0.717, 1.165) is 12.8 Å². The minimum absolute atomic E-state index is 0.438. The topological polar surface area (TPSA) is 23.8 Å². The van der Waals surface area contributed by atoms with Crippen molar-refractivity contribution in [1.82, 2.24) is 0 Å². The maximum absolute atomic E-state index is 8.53. The van der Waals surface area contributed by atoms with E-state index in [1.165, 1.54) is 62.5 Å². The first-order chi connectivity index (χ1) is 11.3. The van der Waals surface area contributed by atoms with Gasteiger partial charge in [0, 0.05) is 11.8 Å². The Morgan fingerprint density at radius 3 is 2.30 bits per heavy atom. The van der Waals surface area contributed by atoms with Gasteiger partial charge >= 0.3 is 0 Å². The standard InChI is InChI=1S/C22H29N/c1-2-3-4-5-6-8-19-10-14-21(15-11-19)22-16-12-20(13-17-22)9-7-18-23/h10-11,14-15,20,22H,2-6,8,12-13,16-17H2,1H3. The number of hydrogen-bond acceptors (Lipinski definition) is 1. The first-order valence-electron chi connectivity index (χ1n) is 9.32. The van der Waals surface area contributed by atoms with Gasteiger partial charge in [0.15, 0.2) is 6.07 Å². The van der Waals surface area contributed by atoms with Gasteiger partial charge in [0.1, 0.15) is 0 Å². The fourth-order valence-electron chi connectivity index (χ4n) is 3.59. The predicted octanol–water partition coefficient (Wildman–Crippen LogP) is 6.00. The van der Waals surface area contributed by atoms with Crippen LogP contribution in [0.5, 0.6) is 0 Å². The average molecular weight is 307 g/mol. The van der Waals surface area contributed by atoms with Gasteiger partial charge in [-0.2, -0.15) is 5.26 Å². The Morgan fingerprint density at radius 2 is 1.65 bits per heavy atom. The molecule has 0 N–H and O–H groups in total. The molecule has 1 saturated carbocycles. The van der Waals surface area contributed by atoms with Gasteiger partial charge < -0.3 is 0 Å². The van der Waals surface area contributed by atoms with Crippen molar-refractivity contribution < 1.29 is 0 Å². The van der Waals surface area contributed by atoms with Crippen molar-refractivity contribution in [3.05, 3.63) is 35.4 Å². The molecule has 0 unspecified atom stereocenters. The van der Waals surface area contributed by atoms with Gasteiger partial charge in [-0.05, 0) is 55.6 Å². The summed E-state index contributed by atoms with van der Waals surface area (Å²) in [6.45, 7) is 2.27. The van der Waals surface area contributed by atoms with Crippen LogP contribution in [-0.4, -0.2) is 0 Å². The lowest BCUT2D eigenvalue weighted by Crippen LogP contribution is -2.12. The van der Waals surface area contributed by atoms with Crippen molar-refractivity contribution in [3.63, 3.8) is 0 Å². The summed E-state index contributed by atoms with van der Waals surface area (Å²) >= 11 is 0. The van der Waals surface area contributed by atoms with Crippen molar-refractivity contribution in [2.75, 3.05) is 0 Å². The van der Waals surface area contributed by atoms with Crippen LogP contribution in [0.1, 0.15) is 81.8 Å². The van der Waals surface area contributed by atoms with Crippen LogP contribution >= 0.6 is 0 Å². The van der Waals surface area contributed by atoms with E-state index in [-0.39, 0.29) is 0 Å². The lowest BCUT2D eigenvalue weighted by molar-refractivity contribution is 0.384. The molecule has 0 bridgehead atoms. The molecule has 0 heterocycles. The maximum Gasteiger partial charge on any atom is 0.152 e. The predicted molar refractivity (Wildman–Crippen MR) is 97.0 cm³/mol. The van der Waals surface area contributed by atoms with Crippen LogP contribution in [0.2, 0.25) is 0 Å². The first kappa shape index (κ1) is 17.6. The number of nitriles is 1. The van der Waals surface area contributed by atoms with E-state index in [2.05, 4.69) is 43.0 Å². The number of benzene rings is 1. The molecule has 0 spiro atoms. The van der Waals surface area contributed by atoms with Crippen LogP contribution in [0.15, 0.2) is 24.3 Å². The normalized spacial score (nSPS) is 20.3. The van der Waals surface area contributed by atoms with Crippen molar-refractivity contribution >= 4 is 0 Å². The molecule has 1 heteroatoms. The Hall–Kier alpha value is -1.73. The van der Waals surface area contributed by atoms with Crippen molar-refractivity contribution in [2.45, 2.75) is 77.0 Å². The molecule has 1 aromatic carbocycles. The molecule has 1 fully saturated rings. The van der Waals surface area contributed by atoms with Crippen molar-refractivity contribution in [3.8, 4) is 17.9 Å². The summed E-state index contributed by atoms with van der Waals surface area (Å²) in [4.78, 5) is 0. The molecule has 0 radical (unpaired) electrons. The summed E-state index contributed by atoms with van der Waals surface area (Å²) in [5.74, 6) is 6.77. The van der Waals surface area contributed by atoms with Gasteiger partial charge in [-0.25, -0.2) is 0 Å². The van der Waals surface area contributed by atoms with E-state index in [0.29, 0.717) is 11.8 Å². The van der Waals surface area contributed by atoms with Gasteiger partial charge in [-0.1, -0.05) is 62.8 Å². The number of aryl methyl sites for hydroxylation is 1. The Morgan fingerprint density at radius 1 is 0.957 bits per heavy atom. The number of hydrogen-bond donors (Lipinski definition) is 0. The minimum Gasteiger partial charge on any atom is -0.183 e. The molecule has 1 aliphatic carbocycles. The molecule has 1 aliphatic rings. The largest absolute Gasteiger partial charge is 0.183 e. The third-order valence-electron chi connectivity index (χ3n) is 5.08. The second kappa shape index (κ2) is 10.1. The Bertz CT molecular complexity index is 544. The van der Waals surface area contributed by atoms with E-state index < -0.39 is 0 Å². The summed E-state index contributed by atoms with van der Waals surface area (Å²) in [6.07, 6.45) is 12.7. The number of rotatable bonds is 7. The molecule has 1 aromatic rings. The lowest BCUT2D eigenvalue weighted by Gasteiger charge is -2.26. The van der Waals surface area contributed by atoms with Crippen LogP contribution in [0.3, 0.4) is 0 Å². The fourth-order valence-corrected chi connectivity index (χ4v) is 3.59. The smallest absolute Gasteiger partial charge is 0.152 e. The molecular weight excluding hydrogens is 278 g/mol. The van der Waals surface area contributed by atoms with E-state index in [1.54, 1.807) is 0 Å². The summed E-state index contributed by atoms with van der Waals surface area (Å²) in [7, 11) is 0. The molecule has 0 amide bonds. The third kappa shape index (κ3) is 6.11. The Labute approximate surface area is 142 Å². The van der Waals surface area contributed by atoms with Crippen LogP contribution in [0, 0.1) is 29.1 Å². The van der Waals surface area contributed by atoms with Crippen LogP contribution in [0.25, 0.3) is 0 Å². The third-order valence-corrected chi connectivity index (χ3v) is 5.08. The zero-order chi connectivity index (χ0) is 16.3. The monoisotopic (exact) mass is 307 g/mol. The molecule has 0 atom stereocenters. The SMILES string of the molecule is CCCCCCCc1ccc(C2CCC(C#CC#N)CC2)cc1. The van der Waals surface area contributed by atoms with Crippen molar-refractivity contribution in [1.29, 1.82) is 5.26 Å². The van der Waals surface area contributed by atoms with Gasteiger partial charge in [-0.15, -0.1) is 0 Å². The highest BCUT2D eigenvalue weighted by molar-refractivity contribution is 5.26. The van der Waals surface area contributed by atoms with E-state index in [9.17, 15) is 0 Å². The first-order valence-corrected chi connectivity index (χ1v) is 9.32. The minimum atomic E-state index is 0.438. The highest BCUT2D eigenvalue weighted by Crippen LogP contribution is 2.35. The quantitative estimate of drug-likeness (QED) is 0.447. The zero-order valence-corrected chi connectivity index (χ0v) is 14.5. The summed E-state index contributed by atoms with van der Waals surface area (Å²) in [5, 5.41) is 8.53. The van der Waals surface area contributed by atoms with E-state index in [1.807, 2.05) is 6.07 Å². The van der Waals surface area contributed by atoms with Gasteiger partial charge in [0.25, 0.3) is 0 Å². The summed E-state index contributed by atoms with van der Waals surface area (Å²) in [5.41, 5.74) is 2.98. The Kier molecular flexibility index (Phi) is 7.75. The van der Waals surface area contributed by atoms with Crippen LogP contribution in [-0.2, 0) is 6.42 Å². The van der Waals surface area contributed by atoms with Gasteiger partial charge in [-0.3, -0.25) is 0 Å². The molecule has 0 aromatic heterocycles. The maximum atomic E-state index is 8.53. The van der Waals surface area contributed by atoms with Gasteiger partial charge in [0.2, 0.25) is 0 Å². The molecule has 1 nitrogen and oxygen atoms in total. The molecule has 122 valence electrons. The highest BCUT2D eigenvalue weighted by atomic mass is 14.3. The van der Waals surface area contributed by atoms with E-state index >= 15 is 0 Å². The van der Waals surface area contributed by atoms with Gasteiger partial charge in [0.05, 0.1) is 0 Å². The highest BCUT2D eigenvalue weighted by Gasteiger charge is 2.21. The molecule has 0 saturated heterocycles. The summed E-state index contributed by atoms with van der Waals surface area (Å²) < 4.78 is 0. The van der Waals surface area contributed by atoms with Crippen molar-refractivity contribution in [2.24, 2.45) is 5.92 Å². The van der Waals surface area contributed by atoms with Crippen LogP contribution < -0.4 is 0 Å². The second-order valence-electron chi connectivity index (χ2n) is 6.84. The average Bonchev–Trinajstić information content (AvgIpc) is 2.61. The lowest BCUT2D eigenvalue weighted by atomic mass is 9.79. The zero-order valence-electron chi connectivity index (χ0n) is 14.5. The number of nitrogens with zero attached hydrogens (tertiary/aromatic N) is 1. The summed E-state index contributed by atoms with van der Waals surface area (Å²) in [6, 6.07) is 11.3. The fraction of sp³-hybridized carbons (Fsp3) is 0.591. The molecule has 2 rings (SSSR count). The Balaban J connectivity index is 1.76. The van der Waals surface area contributed by atoms with Crippen LogP contribution in [0.4, 0.5) is 0 Å². The molecule has 23 heavy (non-hydrogen) atoms.